The SMILES string of the molecule is CC(C)(C)OC(=O)NCCC(=O)NCc1ccc(N2CCSCC2)cc1. The fourth-order valence-corrected chi connectivity index (χ4v) is 3.43. The Labute approximate surface area is 160 Å². The molecule has 0 unspecified atom stereocenters. The molecule has 0 radical (unpaired) electrons. The molecular formula is C19H29N3O3S. The number of carbonyl (C=O) groups excluding carboxylic acids is 2. The molecule has 1 fully saturated rings. The standard InChI is InChI=1S/C19H29N3O3S/c1-19(2,3)25-18(24)20-9-8-17(23)21-14-15-4-6-16(7-5-15)22-10-12-26-13-11-22/h4-7H,8-14H2,1-3H3,(H,20,24)(H,21,23). The first-order chi connectivity index (χ1) is 12.3. The number of thioether (sulfide) groups is 1. The summed E-state index contributed by atoms with van der Waals surface area (Å²) >= 11 is 2.00. The van der Waals surface area contributed by atoms with Crippen molar-refractivity contribution in [1.29, 1.82) is 0 Å². The highest BCUT2D eigenvalue weighted by Gasteiger charge is 2.16. The third-order valence-corrected chi connectivity index (χ3v) is 4.77. The molecule has 0 aromatic heterocycles. The molecule has 26 heavy (non-hydrogen) atoms. The number of nitrogens with zero attached hydrogens (tertiary/aromatic N) is 1. The first-order valence-corrected chi connectivity index (χ1v) is 10.1. The maximum absolute atomic E-state index is 11.9. The molecule has 1 aliphatic rings. The van der Waals surface area contributed by atoms with E-state index in [1.165, 1.54) is 17.2 Å². The van der Waals surface area contributed by atoms with Crippen molar-refractivity contribution in [3.05, 3.63) is 29.8 Å². The van der Waals surface area contributed by atoms with Gasteiger partial charge in [0.2, 0.25) is 5.91 Å². The molecule has 2 N–H and O–H groups in total. The number of anilines is 1. The molecule has 7 heteroatoms. The van der Waals surface area contributed by atoms with Gasteiger partial charge in [-0.15, -0.1) is 0 Å². The van der Waals surface area contributed by atoms with Crippen molar-refractivity contribution in [3.63, 3.8) is 0 Å². The largest absolute Gasteiger partial charge is 0.444 e. The van der Waals surface area contributed by atoms with Gasteiger partial charge < -0.3 is 20.3 Å². The fraction of sp³-hybridized carbons (Fsp3) is 0.579. The number of alkyl carbamates (subject to hydrolysis) is 1. The van der Waals surface area contributed by atoms with Crippen molar-refractivity contribution in [2.75, 3.05) is 36.0 Å². The smallest absolute Gasteiger partial charge is 0.407 e. The molecule has 2 rings (SSSR count). The molecule has 1 heterocycles. The zero-order chi connectivity index (χ0) is 19.0. The van der Waals surface area contributed by atoms with Crippen molar-refractivity contribution < 1.29 is 14.3 Å². The lowest BCUT2D eigenvalue weighted by atomic mass is 10.2. The Morgan fingerprint density at radius 2 is 1.77 bits per heavy atom. The van der Waals surface area contributed by atoms with E-state index in [2.05, 4.69) is 39.8 Å². The van der Waals surface area contributed by atoms with E-state index in [9.17, 15) is 9.59 Å². The zero-order valence-electron chi connectivity index (χ0n) is 15.8. The van der Waals surface area contributed by atoms with E-state index in [1.54, 1.807) is 20.8 Å². The highest BCUT2D eigenvalue weighted by molar-refractivity contribution is 7.99. The van der Waals surface area contributed by atoms with E-state index in [0.29, 0.717) is 6.54 Å². The van der Waals surface area contributed by atoms with Crippen LogP contribution in [0.1, 0.15) is 32.8 Å². The van der Waals surface area contributed by atoms with Crippen LogP contribution in [-0.2, 0) is 16.1 Å². The average molecular weight is 380 g/mol. The maximum Gasteiger partial charge on any atom is 0.407 e. The Kier molecular flexibility index (Phi) is 7.63. The van der Waals surface area contributed by atoms with Crippen molar-refractivity contribution in [3.8, 4) is 0 Å². The molecule has 1 aliphatic heterocycles. The second-order valence-electron chi connectivity index (χ2n) is 7.22. The summed E-state index contributed by atoms with van der Waals surface area (Å²) in [6.45, 7) is 8.32. The summed E-state index contributed by atoms with van der Waals surface area (Å²) in [6.07, 6.45) is -0.278. The predicted molar refractivity (Wildman–Crippen MR) is 107 cm³/mol. The van der Waals surface area contributed by atoms with E-state index in [1.807, 2.05) is 11.8 Å². The Hall–Kier alpha value is -1.89. The minimum Gasteiger partial charge on any atom is -0.444 e. The molecule has 1 aromatic carbocycles. The van der Waals surface area contributed by atoms with Gasteiger partial charge in [-0.25, -0.2) is 4.79 Å². The van der Waals surface area contributed by atoms with Gasteiger partial charge in [0.25, 0.3) is 0 Å². The van der Waals surface area contributed by atoms with Crippen LogP contribution in [0, 0.1) is 0 Å². The topological polar surface area (TPSA) is 70.7 Å². The number of benzene rings is 1. The zero-order valence-corrected chi connectivity index (χ0v) is 16.7. The monoisotopic (exact) mass is 379 g/mol. The lowest BCUT2D eigenvalue weighted by Gasteiger charge is -2.28. The van der Waals surface area contributed by atoms with Gasteiger partial charge in [0.1, 0.15) is 5.60 Å². The van der Waals surface area contributed by atoms with Gasteiger partial charge in [0.15, 0.2) is 0 Å². The van der Waals surface area contributed by atoms with Crippen molar-refractivity contribution in [1.82, 2.24) is 10.6 Å². The number of rotatable bonds is 6. The minimum atomic E-state index is -0.536. The molecule has 6 nitrogen and oxygen atoms in total. The second-order valence-corrected chi connectivity index (χ2v) is 8.45. The third kappa shape index (κ3) is 7.56. The summed E-state index contributed by atoms with van der Waals surface area (Å²) in [7, 11) is 0. The maximum atomic E-state index is 11.9. The average Bonchev–Trinajstić information content (AvgIpc) is 2.59. The molecule has 0 saturated carbocycles. The molecule has 144 valence electrons. The summed E-state index contributed by atoms with van der Waals surface area (Å²) in [5.74, 6) is 2.25. The van der Waals surface area contributed by atoms with Crippen LogP contribution in [-0.4, -0.2) is 48.7 Å². The lowest BCUT2D eigenvalue weighted by Crippen LogP contribution is -2.35. The normalized spacial score (nSPS) is 14.7. The number of amides is 2. The Bertz CT molecular complexity index is 593. The van der Waals surface area contributed by atoms with Gasteiger partial charge in [-0.3, -0.25) is 4.79 Å². The van der Waals surface area contributed by atoms with Gasteiger partial charge in [0.05, 0.1) is 0 Å². The molecule has 0 bridgehead atoms. The lowest BCUT2D eigenvalue weighted by molar-refractivity contribution is -0.121. The van der Waals surface area contributed by atoms with Gasteiger partial charge >= 0.3 is 6.09 Å². The first kappa shape index (κ1) is 20.4. The number of nitrogens with one attached hydrogen (secondary N) is 2. The summed E-state index contributed by atoms with van der Waals surface area (Å²) in [5.41, 5.74) is 1.77. The molecular weight excluding hydrogens is 350 g/mol. The van der Waals surface area contributed by atoms with E-state index in [-0.39, 0.29) is 18.9 Å². The van der Waals surface area contributed by atoms with E-state index >= 15 is 0 Å². The fourth-order valence-electron chi connectivity index (χ4n) is 2.53. The number of carbonyl (C=O) groups is 2. The molecule has 0 aliphatic carbocycles. The second kappa shape index (κ2) is 9.71. The highest BCUT2D eigenvalue weighted by Crippen LogP contribution is 2.19. The van der Waals surface area contributed by atoms with Crippen LogP contribution in [0.2, 0.25) is 0 Å². The summed E-state index contributed by atoms with van der Waals surface area (Å²) in [5, 5.41) is 5.45. The Morgan fingerprint density at radius 1 is 1.12 bits per heavy atom. The quantitative estimate of drug-likeness (QED) is 0.795. The van der Waals surface area contributed by atoms with Gasteiger partial charge in [-0.05, 0) is 38.5 Å². The molecule has 0 spiro atoms. The van der Waals surface area contributed by atoms with Crippen LogP contribution in [0.25, 0.3) is 0 Å². The third-order valence-electron chi connectivity index (χ3n) is 3.82. The van der Waals surface area contributed by atoms with E-state index in [0.717, 1.165) is 18.7 Å². The van der Waals surface area contributed by atoms with Gasteiger partial charge in [-0.1, -0.05) is 12.1 Å². The van der Waals surface area contributed by atoms with Crippen LogP contribution >= 0.6 is 11.8 Å². The summed E-state index contributed by atoms with van der Waals surface area (Å²) < 4.78 is 5.12. The van der Waals surface area contributed by atoms with Crippen LogP contribution in [0.4, 0.5) is 10.5 Å². The summed E-state index contributed by atoms with van der Waals surface area (Å²) in [4.78, 5) is 25.8. The molecule has 2 amide bonds. The van der Waals surface area contributed by atoms with Crippen LogP contribution in [0.5, 0.6) is 0 Å². The molecule has 0 atom stereocenters. The molecule has 1 aromatic rings. The van der Waals surface area contributed by atoms with Gasteiger partial charge in [-0.2, -0.15) is 11.8 Å². The van der Waals surface area contributed by atoms with Gasteiger partial charge in [0, 0.05) is 49.8 Å². The predicted octanol–water partition coefficient (Wildman–Crippen LogP) is 2.77. The van der Waals surface area contributed by atoms with Crippen LogP contribution in [0.15, 0.2) is 24.3 Å². The van der Waals surface area contributed by atoms with Crippen molar-refractivity contribution >= 4 is 29.4 Å². The Morgan fingerprint density at radius 3 is 2.38 bits per heavy atom. The number of hydrogen-bond acceptors (Lipinski definition) is 5. The highest BCUT2D eigenvalue weighted by atomic mass is 32.2. The number of ether oxygens (including phenoxy) is 1. The van der Waals surface area contributed by atoms with Crippen molar-refractivity contribution in [2.24, 2.45) is 0 Å². The van der Waals surface area contributed by atoms with E-state index in [4.69, 9.17) is 4.74 Å². The summed E-state index contributed by atoms with van der Waals surface area (Å²) in [6, 6.07) is 8.33. The number of hydrogen-bond donors (Lipinski definition) is 2. The minimum absolute atomic E-state index is 0.0989. The van der Waals surface area contributed by atoms with Crippen molar-refractivity contribution in [2.45, 2.75) is 39.3 Å². The van der Waals surface area contributed by atoms with Crippen LogP contribution in [0.3, 0.4) is 0 Å². The van der Waals surface area contributed by atoms with E-state index < -0.39 is 11.7 Å². The first-order valence-electron chi connectivity index (χ1n) is 8.99. The Balaban J connectivity index is 1.66. The van der Waals surface area contributed by atoms with Crippen LogP contribution < -0.4 is 15.5 Å². The molecule has 1 saturated heterocycles.